The second-order valence-corrected chi connectivity index (χ2v) is 4.94. The summed E-state index contributed by atoms with van der Waals surface area (Å²) in [5.41, 5.74) is 0.419. The lowest BCUT2D eigenvalue weighted by molar-refractivity contribution is 0.0447. The summed E-state index contributed by atoms with van der Waals surface area (Å²) in [7, 11) is 1.85. The minimum Gasteiger partial charge on any atom is -0.388 e. The van der Waals surface area contributed by atoms with Crippen LogP contribution < -0.4 is 10.2 Å². The Morgan fingerprint density at radius 3 is 2.88 bits per heavy atom. The predicted molar refractivity (Wildman–Crippen MR) is 68.4 cm³/mol. The lowest BCUT2D eigenvalue weighted by atomic mass is 9.95. The topological polar surface area (TPSA) is 61.3 Å². The molecular formula is C12H20N4O. The van der Waals surface area contributed by atoms with Crippen molar-refractivity contribution in [1.29, 1.82) is 0 Å². The summed E-state index contributed by atoms with van der Waals surface area (Å²) in [5.74, 6) is 1.77. The van der Waals surface area contributed by atoms with Gasteiger partial charge >= 0.3 is 0 Å². The molecule has 2 rings (SSSR count). The Labute approximate surface area is 102 Å². The summed E-state index contributed by atoms with van der Waals surface area (Å²) in [6.07, 6.45) is 3.41. The molecule has 1 unspecified atom stereocenters. The summed E-state index contributed by atoms with van der Waals surface area (Å²) in [4.78, 5) is 10.7. The van der Waals surface area contributed by atoms with E-state index >= 15 is 0 Å². The molecule has 1 fully saturated rings. The Morgan fingerprint density at radius 1 is 1.47 bits per heavy atom. The van der Waals surface area contributed by atoms with Crippen LogP contribution in [0.15, 0.2) is 6.33 Å². The van der Waals surface area contributed by atoms with Gasteiger partial charge in [-0.15, -0.1) is 0 Å². The minimum absolute atomic E-state index is 0.616. The Bertz CT molecular complexity index is 405. The third kappa shape index (κ3) is 2.49. The van der Waals surface area contributed by atoms with Crippen LogP contribution in [0.3, 0.4) is 0 Å². The monoisotopic (exact) mass is 236 g/mol. The number of hydrogen-bond donors (Lipinski definition) is 2. The van der Waals surface area contributed by atoms with E-state index < -0.39 is 5.60 Å². The van der Waals surface area contributed by atoms with Crippen molar-refractivity contribution < 1.29 is 5.11 Å². The highest BCUT2D eigenvalue weighted by Crippen LogP contribution is 2.28. The van der Waals surface area contributed by atoms with E-state index in [2.05, 4.69) is 20.2 Å². The van der Waals surface area contributed by atoms with Crippen LogP contribution in [0.2, 0.25) is 0 Å². The number of hydrogen-bond acceptors (Lipinski definition) is 5. The fourth-order valence-electron chi connectivity index (χ4n) is 2.41. The smallest absolute Gasteiger partial charge is 0.137 e. The summed E-state index contributed by atoms with van der Waals surface area (Å²) < 4.78 is 0. The highest BCUT2D eigenvalue weighted by Gasteiger charge is 2.29. The van der Waals surface area contributed by atoms with E-state index in [9.17, 15) is 5.11 Å². The number of piperidine rings is 1. The van der Waals surface area contributed by atoms with Crippen LogP contribution >= 0.6 is 0 Å². The Balaban J connectivity index is 2.28. The SMILES string of the molecule is CNc1ncnc(N2CCCC(C)(O)C2)c1C. The van der Waals surface area contributed by atoms with Gasteiger partial charge in [0.2, 0.25) is 0 Å². The zero-order chi connectivity index (χ0) is 12.5. The molecule has 5 nitrogen and oxygen atoms in total. The van der Waals surface area contributed by atoms with E-state index in [-0.39, 0.29) is 0 Å². The molecule has 94 valence electrons. The van der Waals surface area contributed by atoms with E-state index in [0.29, 0.717) is 6.54 Å². The van der Waals surface area contributed by atoms with E-state index in [0.717, 1.165) is 36.6 Å². The molecule has 0 aliphatic carbocycles. The molecule has 0 saturated carbocycles. The second-order valence-electron chi connectivity index (χ2n) is 4.94. The van der Waals surface area contributed by atoms with E-state index in [4.69, 9.17) is 0 Å². The van der Waals surface area contributed by atoms with E-state index in [1.807, 2.05) is 20.9 Å². The maximum atomic E-state index is 10.1. The van der Waals surface area contributed by atoms with Crippen molar-refractivity contribution >= 4 is 11.6 Å². The quantitative estimate of drug-likeness (QED) is 0.807. The molecule has 1 aliphatic heterocycles. The van der Waals surface area contributed by atoms with Gasteiger partial charge in [0.1, 0.15) is 18.0 Å². The molecule has 1 aliphatic rings. The summed E-state index contributed by atoms with van der Waals surface area (Å²) in [6, 6.07) is 0. The molecule has 1 aromatic rings. The van der Waals surface area contributed by atoms with Gasteiger partial charge in [0.15, 0.2) is 0 Å². The van der Waals surface area contributed by atoms with Crippen molar-refractivity contribution in [2.75, 3.05) is 30.4 Å². The summed E-state index contributed by atoms with van der Waals surface area (Å²) in [6.45, 7) is 5.46. The number of anilines is 2. The third-order valence-electron chi connectivity index (χ3n) is 3.27. The minimum atomic E-state index is -0.616. The first-order chi connectivity index (χ1) is 8.03. The normalized spacial score (nSPS) is 24.8. The number of aliphatic hydroxyl groups is 1. The van der Waals surface area contributed by atoms with E-state index in [1.54, 1.807) is 6.33 Å². The maximum Gasteiger partial charge on any atom is 0.137 e. The van der Waals surface area contributed by atoms with Gasteiger partial charge < -0.3 is 15.3 Å². The van der Waals surface area contributed by atoms with Crippen molar-refractivity contribution in [3.8, 4) is 0 Å². The molecule has 1 atom stereocenters. The van der Waals surface area contributed by atoms with Crippen molar-refractivity contribution in [1.82, 2.24) is 9.97 Å². The number of nitrogens with one attached hydrogen (secondary N) is 1. The average Bonchev–Trinajstić information content (AvgIpc) is 2.28. The molecule has 1 aromatic heterocycles. The molecule has 0 spiro atoms. The van der Waals surface area contributed by atoms with E-state index in [1.165, 1.54) is 0 Å². The molecule has 0 bridgehead atoms. The molecule has 0 amide bonds. The van der Waals surface area contributed by atoms with Crippen LogP contribution in [0, 0.1) is 6.92 Å². The lowest BCUT2D eigenvalue weighted by Crippen LogP contribution is -2.46. The first-order valence-corrected chi connectivity index (χ1v) is 6.00. The molecule has 0 radical (unpaired) electrons. The van der Waals surface area contributed by atoms with Crippen molar-refractivity contribution in [2.24, 2.45) is 0 Å². The molecular weight excluding hydrogens is 216 g/mol. The Hall–Kier alpha value is -1.36. The zero-order valence-electron chi connectivity index (χ0n) is 10.7. The highest BCUT2D eigenvalue weighted by molar-refractivity contribution is 5.58. The summed E-state index contributed by atoms with van der Waals surface area (Å²) in [5, 5.41) is 13.2. The van der Waals surface area contributed by atoms with Crippen LogP contribution in [0.1, 0.15) is 25.3 Å². The van der Waals surface area contributed by atoms with Gasteiger partial charge in [-0.05, 0) is 26.7 Å². The van der Waals surface area contributed by atoms with Crippen molar-refractivity contribution in [3.63, 3.8) is 0 Å². The number of nitrogens with zero attached hydrogens (tertiary/aromatic N) is 3. The molecule has 1 saturated heterocycles. The van der Waals surface area contributed by atoms with Gasteiger partial charge in [-0.2, -0.15) is 0 Å². The first-order valence-electron chi connectivity index (χ1n) is 6.00. The third-order valence-corrected chi connectivity index (χ3v) is 3.27. The largest absolute Gasteiger partial charge is 0.388 e. The molecule has 0 aromatic carbocycles. The highest BCUT2D eigenvalue weighted by atomic mass is 16.3. The van der Waals surface area contributed by atoms with Crippen LogP contribution in [0.5, 0.6) is 0 Å². The van der Waals surface area contributed by atoms with Crippen molar-refractivity contribution in [3.05, 3.63) is 11.9 Å². The number of rotatable bonds is 2. The predicted octanol–water partition coefficient (Wildman–Crippen LogP) is 1.18. The lowest BCUT2D eigenvalue weighted by Gasteiger charge is -2.38. The zero-order valence-corrected chi connectivity index (χ0v) is 10.7. The van der Waals surface area contributed by atoms with Gasteiger partial charge in [0, 0.05) is 25.7 Å². The van der Waals surface area contributed by atoms with Crippen LogP contribution in [0.25, 0.3) is 0 Å². The van der Waals surface area contributed by atoms with Gasteiger partial charge in [-0.3, -0.25) is 0 Å². The Kier molecular flexibility index (Phi) is 3.19. The first kappa shape index (κ1) is 12.1. The van der Waals surface area contributed by atoms with Gasteiger partial charge in [0.25, 0.3) is 0 Å². The fourth-order valence-corrected chi connectivity index (χ4v) is 2.41. The molecule has 2 heterocycles. The average molecular weight is 236 g/mol. The van der Waals surface area contributed by atoms with Gasteiger partial charge in [-0.1, -0.05) is 0 Å². The molecule has 5 heteroatoms. The number of β-amino-alcohol motifs (C(OH)–C–C–N with tert-alkyl or cyclic N) is 1. The maximum absolute atomic E-state index is 10.1. The van der Waals surface area contributed by atoms with Crippen molar-refractivity contribution in [2.45, 2.75) is 32.3 Å². The van der Waals surface area contributed by atoms with Gasteiger partial charge in [0.05, 0.1) is 5.60 Å². The van der Waals surface area contributed by atoms with Crippen LogP contribution in [-0.4, -0.2) is 40.8 Å². The van der Waals surface area contributed by atoms with Gasteiger partial charge in [-0.25, -0.2) is 9.97 Å². The van der Waals surface area contributed by atoms with Crippen LogP contribution in [0.4, 0.5) is 11.6 Å². The molecule has 17 heavy (non-hydrogen) atoms. The fraction of sp³-hybridized carbons (Fsp3) is 0.667. The second kappa shape index (κ2) is 4.49. The standard InChI is InChI=1S/C12H20N4O/c1-9-10(13-3)14-8-15-11(9)16-6-4-5-12(2,17)7-16/h8,17H,4-7H2,1-3H3,(H,13,14,15). The molecule has 2 N–H and O–H groups in total. The number of aromatic nitrogens is 2. The summed E-state index contributed by atoms with van der Waals surface area (Å²) >= 11 is 0. The van der Waals surface area contributed by atoms with Crippen LogP contribution in [-0.2, 0) is 0 Å². The Morgan fingerprint density at radius 2 is 2.24 bits per heavy atom.